The molecule has 124 valence electrons. The molecular weight excluding hydrogens is 286 g/mol. The van der Waals surface area contributed by atoms with Crippen molar-refractivity contribution in [2.75, 3.05) is 20.2 Å². The largest absolute Gasteiger partial charge is 0.494 e. The molecule has 1 rings (SSSR count). The molecule has 0 bridgehead atoms. The van der Waals surface area contributed by atoms with Crippen LogP contribution in [0.3, 0.4) is 0 Å². The van der Waals surface area contributed by atoms with Crippen LogP contribution in [0, 0.1) is 0 Å². The van der Waals surface area contributed by atoms with Crippen LogP contribution >= 0.6 is 0 Å². The van der Waals surface area contributed by atoms with E-state index in [9.17, 15) is 0 Å². The molecule has 0 fully saturated rings. The molecular formula is C16H25NO5. The lowest BCUT2D eigenvalue weighted by atomic mass is 10.2. The highest BCUT2D eigenvalue weighted by Gasteiger charge is 2.05. The van der Waals surface area contributed by atoms with Gasteiger partial charge in [-0.15, -0.1) is 0 Å². The summed E-state index contributed by atoms with van der Waals surface area (Å²) >= 11 is 0. The highest BCUT2D eigenvalue weighted by Crippen LogP contribution is 2.19. The maximum absolute atomic E-state index is 9.10. The first-order valence-corrected chi connectivity index (χ1v) is 7.27. The first kappa shape index (κ1) is 19.9. The van der Waals surface area contributed by atoms with Gasteiger partial charge in [0, 0.05) is 12.1 Å². The Bertz CT molecular complexity index is 450. The first-order valence-electron chi connectivity index (χ1n) is 7.27. The van der Waals surface area contributed by atoms with Gasteiger partial charge in [-0.1, -0.05) is 31.5 Å². The van der Waals surface area contributed by atoms with Crippen LogP contribution in [0.4, 0.5) is 0 Å². The molecule has 0 unspecified atom stereocenters. The monoisotopic (exact) mass is 311 g/mol. The number of benzene rings is 1. The van der Waals surface area contributed by atoms with Gasteiger partial charge in [0.2, 0.25) is 0 Å². The third-order valence-electron chi connectivity index (χ3n) is 2.79. The zero-order valence-corrected chi connectivity index (χ0v) is 13.4. The van der Waals surface area contributed by atoms with Crippen molar-refractivity contribution in [3.05, 3.63) is 29.8 Å². The topological polar surface area (TPSA) is 87.1 Å². The van der Waals surface area contributed by atoms with Gasteiger partial charge in [0.25, 0.3) is 0 Å². The van der Waals surface area contributed by atoms with Gasteiger partial charge in [0.05, 0.1) is 6.61 Å². The van der Waals surface area contributed by atoms with Crippen molar-refractivity contribution in [2.24, 2.45) is 0 Å². The average Bonchev–Trinajstić information content (AvgIpc) is 2.48. The Hall–Kier alpha value is -2.08. The van der Waals surface area contributed by atoms with Crippen LogP contribution in [-0.2, 0) is 16.1 Å². The predicted octanol–water partition coefficient (Wildman–Crippen LogP) is 2.47. The van der Waals surface area contributed by atoms with Crippen LogP contribution in [0.1, 0.15) is 32.3 Å². The maximum Gasteiger partial charge on any atom is 0.414 e. The van der Waals surface area contributed by atoms with E-state index >= 15 is 0 Å². The van der Waals surface area contributed by atoms with Crippen LogP contribution in [0.2, 0.25) is 0 Å². The van der Waals surface area contributed by atoms with Gasteiger partial charge in [-0.3, -0.25) is 0 Å². The molecule has 0 aliphatic carbocycles. The molecule has 0 saturated carbocycles. The lowest BCUT2D eigenvalue weighted by molar-refractivity contribution is -0.159. The van der Waals surface area contributed by atoms with Gasteiger partial charge in [-0.25, -0.2) is 9.59 Å². The van der Waals surface area contributed by atoms with Gasteiger partial charge >= 0.3 is 11.9 Å². The summed E-state index contributed by atoms with van der Waals surface area (Å²) in [5.74, 6) is -2.63. The molecule has 0 radical (unpaired) electrons. The minimum atomic E-state index is -1.82. The first-order chi connectivity index (χ1) is 10.4. The number of unbranched alkanes of at least 4 members (excludes halogenated alkanes) is 1. The molecule has 0 atom stereocenters. The van der Waals surface area contributed by atoms with E-state index in [1.807, 2.05) is 19.1 Å². The van der Waals surface area contributed by atoms with Gasteiger partial charge in [0.15, 0.2) is 0 Å². The summed E-state index contributed by atoms with van der Waals surface area (Å²) in [4.78, 5) is 20.5. The Morgan fingerprint density at radius 1 is 1.14 bits per heavy atom. The maximum atomic E-state index is 9.10. The number of carboxylic acid groups (broad SMARTS) is 2. The molecule has 0 aliphatic rings. The Morgan fingerprint density at radius 2 is 1.73 bits per heavy atom. The van der Waals surface area contributed by atoms with Crippen molar-refractivity contribution in [3.8, 4) is 5.75 Å². The Morgan fingerprint density at radius 3 is 2.23 bits per heavy atom. The molecule has 0 amide bonds. The second-order valence-electron chi connectivity index (χ2n) is 4.74. The van der Waals surface area contributed by atoms with Crippen molar-refractivity contribution in [3.63, 3.8) is 0 Å². The third kappa shape index (κ3) is 8.97. The minimum absolute atomic E-state index is 0.732. The van der Waals surface area contributed by atoms with Crippen molar-refractivity contribution in [1.82, 2.24) is 4.90 Å². The summed E-state index contributed by atoms with van der Waals surface area (Å²) in [6.07, 6.45) is 2.50. The standard InChI is InChI=1S/C14H23NO.C2H2O4/c1-4-6-11-15(3)12-13-9-7-8-10-14(13)16-5-2;3-1(4)2(5)6/h7-10H,4-6,11-12H2,1-3H3;(H,3,4)(H,5,6). The smallest absolute Gasteiger partial charge is 0.414 e. The third-order valence-corrected chi connectivity index (χ3v) is 2.79. The summed E-state index contributed by atoms with van der Waals surface area (Å²) in [5, 5.41) is 14.8. The highest BCUT2D eigenvalue weighted by atomic mass is 16.5. The minimum Gasteiger partial charge on any atom is -0.494 e. The average molecular weight is 311 g/mol. The zero-order valence-electron chi connectivity index (χ0n) is 13.4. The van der Waals surface area contributed by atoms with Crippen LogP contribution < -0.4 is 4.74 Å². The van der Waals surface area contributed by atoms with Crippen molar-refractivity contribution in [2.45, 2.75) is 33.2 Å². The summed E-state index contributed by atoms with van der Waals surface area (Å²) in [6.45, 7) is 7.10. The van der Waals surface area contributed by atoms with E-state index in [2.05, 4.69) is 31.0 Å². The molecule has 0 saturated heterocycles. The Kier molecular flexibility index (Phi) is 10.5. The number of nitrogens with zero attached hydrogens (tertiary/aromatic N) is 1. The second kappa shape index (κ2) is 11.6. The fraction of sp³-hybridized carbons (Fsp3) is 0.500. The fourth-order valence-corrected chi connectivity index (χ4v) is 1.73. The van der Waals surface area contributed by atoms with E-state index in [0.717, 1.165) is 25.4 Å². The zero-order chi connectivity index (χ0) is 17.0. The summed E-state index contributed by atoms with van der Waals surface area (Å²) in [5.41, 5.74) is 1.28. The number of rotatable bonds is 7. The molecule has 6 heteroatoms. The quantitative estimate of drug-likeness (QED) is 0.752. The van der Waals surface area contributed by atoms with Crippen LogP contribution in [0.15, 0.2) is 24.3 Å². The number of carbonyl (C=O) groups is 2. The molecule has 0 aromatic heterocycles. The SMILES string of the molecule is CCCCN(C)Cc1ccccc1OCC.O=C(O)C(=O)O. The predicted molar refractivity (Wildman–Crippen MR) is 84.1 cm³/mol. The number of aliphatic carboxylic acids is 2. The second-order valence-corrected chi connectivity index (χ2v) is 4.74. The summed E-state index contributed by atoms with van der Waals surface area (Å²) in [7, 11) is 2.17. The molecule has 22 heavy (non-hydrogen) atoms. The van der Waals surface area contributed by atoms with Crippen molar-refractivity contribution < 1.29 is 24.5 Å². The van der Waals surface area contributed by atoms with E-state index in [1.165, 1.54) is 18.4 Å². The normalized spacial score (nSPS) is 9.82. The number of hydrogen-bond donors (Lipinski definition) is 2. The van der Waals surface area contributed by atoms with Crippen molar-refractivity contribution >= 4 is 11.9 Å². The van der Waals surface area contributed by atoms with E-state index in [0.29, 0.717) is 0 Å². The lowest BCUT2D eigenvalue weighted by Crippen LogP contribution is -2.19. The van der Waals surface area contributed by atoms with E-state index in [4.69, 9.17) is 24.5 Å². The van der Waals surface area contributed by atoms with E-state index in [1.54, 1.807) is 0 Å². The summed E-state index contributed by atoms with van der Waals surface area (Å²) < 4.78 is 5.62. The highest BCUT2D eigenvalue weighted by molar-refractivity contribution is 6.27. The summed E-state index contributed by atoms with van der Waals surface area (Å²) in [6, 6.07) is 8.30. The molecule has 1 aromatic carbocycles. The van der Waals surface area contributed by atoms with Gasteiger partial charge < -0.3 is 19.8 Å². The molecule has 0 heterocycles. The number of carboxylic acids is 2. The molecule has 1 aromatic rings. The van der Waals surface area contributed by atoms with E-state index in [-0.39, 0.29) is 0 Å². The number of hydrogen-bond acceptors (Lipinski definition) is 4. The van der Waals surface area contributed by atoms with Gasteiger partial charge in [-0.2, -0.15) is 0 Å². The molecule has 0 aliphatic heterocycles. The Labute approximate surface area is 131 Å². The molecule has 0 spiro atoms. The van der Waals surface area contributed by atoms with Gasteiger partial charge in [0.1, 0.15) is 5.75 Å². The number of para-hydroxylation sites is 1. The van der Waals surface area contributed by atoms with Gasteiger partial charge in [-0.05, 0) is 33.0 Å². The molecule has 6 nitrogen and oxygen atoms in total. The van der Waals surface area contributed by atoms with E-state index < -0.39 is 11.9 Å². The van der Waals surface area contributed by atoms with Crippen LogP contribution in [0.5, 0.6) is 5.75 Å². The molecule has 2 N–H and O–H groups in total. The fourth-order valence-electron chi connectivity index (χ4n) is 1.73. The van der Waals surface area contributed by atoms with Crippen LogP contribution in [0.25, 0.3) is 0 Å². The Balaban J connectivity index is 0.000000626. The lowest BCUT2D eigenvalue weighted by Gasteiger charge is -2.18. The van der Waals surface area contributed by atoms with Crippen molar-refractivity contribution in [1.29, 1.82) is 0 Å². The number of ether oxygens (including phenoxy) is 1. The van der Waals surface area contributed by atoms with Crippen LogP contribution in [-0.4, -0.2) is 47.3 Å².